The molecule has 8 aliphatic rings. The zero-order chi connectivity index (χ0) is 50.4. The van der Waals surface area contributed by atoms with Gasteiger partial charge in [0, 0.05) is 24.2 Å². The number of likely N-dealkylation sites (tertiary alicyclic amines) is 4. The Hall–Kier alpha value is -0.160. The number of hydrogen-bond donors (Lipinski definition) is 0. The fourth-order valence-electron chi connectivity index (χ4n) is 10.8. The zero-order valence-corrected chi connectivity index (χ0v) is 49.9. The van der Waals surface area contributed by atoms with Gasteiger partial charge in [-0.15, -0.1) is 0 Å². The SMILES string of the molecule is CC.CC.CC.CC.CC.CC.CC.CC.CC(C)N1CCC2(CCC2)CC1.CC(C)N1CCC2(CCC2)CC1.CC(C)N1CCC2(CCC2)CC1.CC(C)N1CCC2(CCC2)CC1. The first-order valence-corrected chi connectivity index (χ1v) is 29.8. The van der Waals surface area contributed by atoms with Crippen molar-refractivity contribution >= 4 is 0 Å². The summed E-state index contributed by atoms with van der Waals surface area (Å²) in [4.78, 5) is 10.5. The number of piperidine rings is 4. The normalized spacial score (nSPS) is 22.7. The van der Waals surface area contributed by atoms with E-state index in [1.807, 2.05) is 111 Å². The van der Waals surface area contributed by atoms with Crippen LogP contribution in [0.4, 0.5) is 0 Å². The van der Waals surface area contributed by atoms with Crippen LogP contribution >= 0.6 is 0 Å². The molecule has 4 aliphatic carbocycles. The zero-order valence-electron chi connectivity index (χ0n) is 49.9. The van der Waals surface area contributed by atoms with Gasteiger partial charge in [-0.25, -0.2) is 0 Å². The lowest BCUT2D eigenvalue weighted by molar-refractivity contribution is 0.0219. The van der Waals surface area contributed by atoms with Crippen molar-refractivity contribution in [3.8, 4) is 0 Å². The van der Waals surface area contributed by atoms with E-state index in [0.717, 1.165) is 45.8 Å². The fourth-order valence-corrected chi connectivity index (χ4v) is 10.8. The van der Waals surface area contributed by atoms with Gasteiger partial charge in [0.15, 0.2) is 0 Å². The van der Waals surface area contributed by atoms with E-state index in [0.29, 0.717) is 0 Å². The molecular formula is C60H132N4. The molecule has 0 aromatic rings. The van der Waals surface area contributed by atoms with Crippen LogP contribution in [0.25, 0.3) is 0 Å². The molecular weight excluding hydrogens is 777 g/mol. The van der Waals surface area contributed by atoms with Crippen molar-refractivity contribution in [1.29, 1.82) is 0 Å². The standard InChI is InChI=1S/4C11H21N.8C2H6/c4*1-10(2)12-8-6-11(7-9-12)4-3-5-11;8*1-2/h4*10H,3-9H2,1-2H3;8*1-2H3. The number of hydrogen-bond acceptors (Lipinski definition) is 4. The van der Waals surface area contributed by atoms with Crippen LogP contribution in [0, 0.1) is 21.7 Å². The molecule has 0 atom stereocenters. The Morgan fingerprint density at radius 3 is 0.375 bits per heavy atom. The summed E-state index contributed by atoms with van der Waals surface area (Å²) in [5, 5.41) is 0. The van der Waals surface area contributed by atoms with Crippen molar-refractivity contribution < 1.29 is 0 Å². The third kappa shape index (κ3) is 24.9. The van der Waals surface area contributed by atoms with Gasteiger partial charge in [-0.05, 0) is 232 Å². The molecule has 0 aromatic carbocycles. The van der Waals surface area contributed by atoms with Crippen LogP contribution in [0.2, 0.25) is 0 Å². The van der Waals surface area contributed by atoms with E-state index in [9.17, 15) is 0 Å². The predicted molar refractivity (Wildman–Crippen MR) is 300 cm³/mol. The molecule has 4 nitrogen and oxygen atoms in total. The first kappa shape index (κ1) is 70.4. The topological polar surface area (TPSA) is 13.0 Å². The molecule has 8 fully saturated rings. The molecule has 64 heavy (non-hydrogen) atoms. The van der Waals surface area contributed by atoms with Gasteiger partial charge in [-0.3, -0.25) is 0 Å². The maximum atomic E-state index is 2.63. The van der Waals surface area contributed by atoms with Crippen LogP contribution in [-0.4, -0.2) is 96.1 Å². The van der Waals surface area contributed by atoms with Crippen LogP contribution in [0.3, 0.4) is 0 Å². The van der Waals surface area contributed by atoms with Gasteiger partial charge in [0.1, 0.15) is 0 Å². The Morgan fingerprint density at radius 2 is 0.312 bits per heavy atom. The van der Waals surface area contributed by atoms with Crippen molar-refractivity contribution in [2.75, 3.05) is 52.4 Å². The Kier molecular flexibility index (Phi) is 46.0. The second-order valence-electron chi connectivity index (χ2n) is 19.9. The average molecular weight is 910 g/mol. The van der Waals surface area contributed by atoms with Gasteiger partial charge < -0.3 is 19.6 Å². The van der Waals surface area contributed by atoms with Gasteiger partial charge in [-0.2, -0.15) is 0 Å². The summed E-state index contributed by atoms with van der Waals surface area (Å²) >= 11 is 0. The van der Waals surface area contributed by atoms with Gasteiger partial charge >= 0.3 is 0 Å². The van der Waals surface area contributed by atoms with Crippen LogP contribution < -0.4 is 0 Å². The molecule has 4 aliphatic heterocycles. The molecule has 0 bridgehead atoms. The summed E-state index contributed by atoms with van der Waals surface area (Å²) in [5.74, 6) is 0. The van der Waals surface area contributed by atoms with Crippen molar-refractivity contribution in [2.24, 2.45) is 21.7 Å². The number of nitrogens with zero attached hydrogens (tertiary/aromatic N) is 4. The van der Waals surface area contributed by atoms with Gasteiger partial charge in [0.05, 0.1) is 0 Å². The Balaban J connectivity index is -0.000000339. The van der Waals surface area contributed by atoms with Crippen molar-refractivity contribution in [3.63, 3.8) is 0 Å². The maximum absolute atomic E-state index is 2.63. The summed E-state index contributed by atoms with van der Waals surface area (Å²) in [6.45, 7) is 61.4. The molecule has 0 unspecified atom stereocenters. The number of rotatable bonds is 4. The highest BCUT2D eigenvalue weighted by atomic mass is 15.2. The largest absolute Gasteiger partial charge is 0.301 e. The van der Waals surface area contributed by atoms with Crippen LogP contribution in [0.15, 0.2) is 0 Å². The lowest BCUT2D eigenvalue weighted by Crippen LogP contribution is -2.45. The molecule has 4 heterocycles. The molecule has 392 valence electrons. The highest BCUT2D eigenvalue weighted by Crippen LogP contribution is 2.51. The third-order valence-electron chi connectivity index (χ3n) is 16.0. The highest BCUT2D eigenvalue weighted by molar-refractivity contribution is 4.95. The molecule has 4 saturated heterocycles. The third-order valence-corrected chi connectivity index (χ3v) is 16.0. The highest BCUT2D eigenvalue weighted by Gasteiger charge is 2.42. The van der Waals surface area contributed by atoms with Gasteiger partial charge in [0.25, 0.3) is 0 Å². The van der Waals surface area contributed by atoms with E-state index in [1.165, 1.54) is 181 Å². The molecule has 0 amide bonds. The summed E-state index contributed by atoms with van der Waals surface area (Å²) in [7, 11) is 0. The molecule has 4 heteroatoms. The summed E-state index contributed by atoms with van der Waals surface area (Å²) < 4.78 is 0. The minimum absolute atomic E-state index is 0.766. The van der Waals surface area contributed by atoms with Gasteiger partial charge in [0.2, 0.25) is 0 Å². The van der Waals surface area contributed by atoms with E-state index >= 15 is 0 Å². The van der Waals surface area contributed by atoms with Gasteiger partial charge in [-0.1, -0.05) is 136 Å². The van der Waals surface area contributed by atoms with E-state index in [4.69, 9.17) is 0 Å². The second kappa shape index (κ2) is 41.8. The lowest BCUT2D eigenvalue weighted by Gasteiger charge is -2.49. The molecule has 8 rings (SSSR count). The van der Waals surface area contributed by atoms with E-state index < -0.39 is 0 Å². The molecule has 0 N–H and O–H groups in total. The van der Waals surface area contributed by atoms with Crippen LogP contribution in [0.1, 0.15) is 295 Å². The van der Waals surface area contributed by atoms with Crippen LogP contribution in [-0.2, 0) is 0 Å². The average Bonchev–Trinajstić information content (AvgIpc) is 3.33. The Labute approximate surface area is 410 Å². The van der Waals surface area contributed by atoms with Crippen molar-refractivity contribution in [1.82, 2.24) is 19.6 Å². The minimum atomic E-state index is 0.766. The second-order valence-corrected chi connectivity index (χ2v) is 19.9. The fraction of sp³-hybridized carbons (Fsp3) is 1.00. The quantitative estimate of drug-likeness (QED) is 0.279. The molecule has 4 saturated carbocycles. The van der Waals surface area contributed by atoms with Crippen LogP contribution in [0.5, 0.6) is 0 Å². The molecule has 0 radical (unpaired) electrons. The summed E-state index contributed by atoms with van der Waals surface area (Å²) in [6, 6.07) is 3.06. The monoisotopic (exact) mass is 909 g/mol. The van der Waals surface area contributed by atoms with E-state index in [2.05, 4.69) is 75.0 Å². The van der Waals surface area contributed by atoms with E-state index in [1.54, 1.807) is 0 Å². The predicted octanol–water partition coefficient (Wildman–Crippen LogP) is 18.9. The lowest BCUT2D eigenvalue weighted by atomic mass is 9.63. The Bertz CT molecular complexity index is 747. The Morgan fingerprint density at radius 1 is 0.203 bits per heavy atom. The maximum Gasteiger partial charge on any atom is 0.00385 e. The van der Waals surface area contributed by atoms with E-state index in [-0.39, 0.29) is 0 Å². The van der Waals surface area contributed by atoms with Crippen molar-refractivity contribution in [3.05, 3.63) is 0 Å². The minimum Gasteiger partial charge on any atom is -0.301 e. The molecule has 4 spiro atoms. The summed E-state index contributed by atoms with van der Waals surface area (Å²) in [6.07, 6.45) is 30.0. The smallest absolute Gasteiger partial charge is 0.00385 e. The molecule has 0 aromatic heterocycles. The summed E-state index contributed by atoms with van der Waals surface area (Å²) in [5.41, 5.74) is 3.30. The first-order valence-electron chi connectivity index (χ1n) is 29.8. The van der Waals surface area contributed by atoms with Crippen molar-refractivity contribution in [2.45, 2.75) is 319 Å². The first-order chi connectivity index (χ1) is 30.9.